The van der Waals surface area contributed by atoms with E-state index in [-0.39, 0.29) is 6.10 Å². The van der Waals surface area contributed by atoms with Gasteiger partial charge in [-0.2, -0.15) is 0 Å². The van der Waals surface area contributed by atoms with Crippen molar-refractivity contribution in [2.45, 2.75) is 38.3 Å². The van der Waals surface area contributed by atoms with E-state index in [1.54, 1.807) is 0 Å². The topological polar surface area (TPSA) is 55.6 Å². The first-order valence-corrected chi connectivity index (χ1v) is 6.75. The van der Waals surface area contributed by atoms with Crippen LogP contribution in [-0.4, -0.2) is 36.2 Å². The summed E-state index contributed by atoms with van der Waals surface area (Å²) in [5.41, 5.74) is 6.33. The minimum absolute atomic E-state index is 0.0330. The Labute approximate surface area is 115 Å². The van der Waals surface area contributed by atoms with E-state index in [1.807, 2.05) is 12.2 Å². The maximum atomic E-state index is 10.8. The summed E-state index contributed by atoms with van der Waals surface area (Å²) in [6.07, 6.45) is 13.9. The van der Waals surface area contributed by atoms with Gasteiger partial charge in [0.2, 0.25) is 0 Å². The number of nitrogens with two attached hydrogens (primary N) is 1. The van der Waals surface area contributed by atoms with Crippen LogP contribution in [0.2, 0.25) is 0 Å². The fraction of sp³-hybridized carbons (Fsp3) is 0.533. The number of ether oxygens (including phenoxy) is 1. The van der Waals surface area contributed by atoms with Gasteiger partial charge in [-0.05, 0) is 18.4 Å². The Kier molecular flexibility index (Phi) is 5.02. The number of carbonyl (C=O) groups excluding carboxylic acids is 1. The molecule has 0 spiro atoms. The molecule has 4 radical (unpaired) electrons. The van der Waals surface area contributed by atoms with Crippen molar-refractivity contribution in [3.63, 3.8) is 0 Å². The Morgan fingerprint density at radius 1 is 1.58 bits per heavy atom. The lowest BCUT2D eigenvalue weighted by molar-refractivity contribution is 0.0294. The molecule has 0 bridgehead atoms. The molecule has 2 atom stereocenters. The van der Waals surface area contributed by atoms with Crippen LogP contribution in [-0.2, 0) is 4.74 Å². The summed E-state index contributed by atoms with van der Waals surface area (Å²) in [7, 11) is 0. The second-order valence-electron chi connectivity index (χ2n) is 4.96. The third-order valence-corrected chi connectivity index (χ3v) is 3.65. The van der Waals surface area contributed by atoms with Crippen molar-refractivity contribution in [3.8, 4) is 0 Å². The summed E-state index contributed by atoms with van der Waals surface area (Å²) in [4.78, 5) is 13.2. The SMILES string of the molecule is CCC1CC(OC(N)=O)CCN1CC1=C[C][C]C=C1. The number of primary amides is 1. The molecule has 0 aromatic rings. The van der Waals surface area contributed by atoms with Crippen LogP contribution in [0, 0.1) is 12.8 Å². The molecule has 2 unspecified atom stereocenters. The number of allylic oxidation sites excluding steroid dienone is 2. The quantitative estimate of drug-likeness (QED) is 0.841. The van der Waals surface area contributed by atoms with Crippen LogP contribution in [0.5, 0.6) is 0 Å². The molecule has 102 valence electrons. The minimum atomic E-state index is -0.665. The van der Waals surface area contributed by atoms with Crippen LogP contribution in [0.15, 0.2) is 23.8 Å². The van der Waals surface area contributed by atoms with Gasteiger partial charge in [0.05, 0.1) is 0 Å². The molecule has 0 saturated carbocycles. The number of piperidine rings is 1. The smallest absolute Gasteiger partial charge is 0.404 e. The highest BCUT2D eigenvalue weighted by Crippen LogP contribution is 2.24. The molecule has 2 aliphatic rings. The van der Waals surface area contributed by atoms with Gasteiger partial charge in [0.1, 0.15) is 6.10 Å². The van der Waals surface area contributed by atoms with Crippen LogP contribution in [0.4, 0.5) is 4.79 Å². The van der Waals surface area contributed by atoms with E-state index in [4.69, 9.17) is 10.5 Å². The van der Waals surface area contributed by atoms with Crippen molar-refractivity contribution in [2.24, 2.45) is 5.73 Å². The summed E-state index contributed by atoms with van der Waals surface area (Å²) in [6, 6.07) is 0.433. The average Bonchev–Trinajstić information content (AvgIpc) is 2.41. The zero-order valence-electron chi connectivity index (χ0n) is 11.3. The Bertz CT molecular complexity index is 376. The van der Waals surface area contributed by atoms with Gasteiger partial charge >= 0.3 is 6.09 Å². The molecule has 1 aliphatic heterocycles. The standard InChI is InChI=1S/C15H20N2O2/c1-2-13-10-14(19-15(16)18)8-9-17(13)11-12-6-4-3-5-7-12/h4,6-7,13-14H,2,8-11H2,1H3,(H2,16,18). The molecule has 2 rings (SSSR count). The maximum Gasteiger partial charge on any atom is 0.404 e. The summed E-state index contributed by atoms with van der Waals surface area (Å²) >= 11 is 0. The van der Waals surface area contributed by atoms with Crippen molar-refractivity contribution in [3.05, 3.63) is 36.6 Å². The van der Waals surface area contributed by atoms with E-state index in [0.29, 0.717) is 6.04 Å². The molecule has 1 aliphatic carbocycles. The number of carbonyl (C=O) groups is 1. The van der Waals surface area contributed by atoms with E-state index < -0.39 is 6.09 Å². The number of rotatable bonds is 4. The largest absolute Gasteiger partial charge is 0.446 e. The molecule has 2 N–H and O–H groups in total. The van der Waals surface area contributed by atoms with E-state index in [9.17, 15) is 4.79 Å². The number of hydrogen-bond acceptors (Lipinski definition) is 3. The zero-order chi connectivity index (χ0) is 13.7. The highest BCUT2D eigenvalue weighted by molar-refractivity contribution is 5.64. The number of nitrogens with zero attached hydrogens (tertiary/aromatic N) is 1. The number of likely N-dealkylation sites (tertiary alicyclic amines) is 1. The van der Waals surface area contributed by atoms with Gasteiger partial charge < -0.3 is 10.5 Å². The molecule has 0 aromatic carbocycles. The third-order valence-electron chi connectivity index (χ3n) is 3.65. The van der Waals surface area contributed by atoms with Gasteiger partial charge in [-0.1, -0.05) is 25.2 Å². The lowest BCUT2D eigenvalue weighted by Gasteiger charge is -2.39. The summed E-state index contributed by atoms with van der Waals surface area (Å²) in [6.45, 7) is 4.00. The van der Waals surface area contributed by atoms with Crippen LogP contribution in [0.3, 0.4) is 0 Å². The Balaban J connectivity index is 1.89. The normalized spacial score (nSPS) is 27.9. The zero-order valence-corrected chi connectivity index (χ0v) is 11.3. The molecule has 4 heteroatoms. The monoisotopic (exact) mass is 260 g/mol. The van der Waals surface area contributed by atoms with Crippen molar-refractivity contribution in [2.75, 3.05) is 13.1 Å². The predicted octanol–water partition coefficient (Wildman–Crippen LogP) is 1.98. The van der Waals surface area contributed by atoms with Gasteiger partial charge in [0.25, 0.3) is 0 Å². The average molecular weight is 260 g/mol. The van der Waals surface area contributed by atoms with Gasteiger partial charge in [-0.3, -0.25) is 4.90 Å². The van der Waals surface area contributed by atoms with Crippen molar-refractivity contribution >= 4 is 6.09 Å². The second-order valence-corrected chi connectivity index (χ2v) is 4.96. The van der Waals surface area contributed by atoms with E-state index in [0.717, 1.165) is 32.4 Å². The molecular weight excluding hydrogens is 240 g/mol. The second kappa shape index (κ2) is 6.75. The number of amides is 1. The van der Waals surface area contributed by atoms with Gasteiger partial charge in [-0.25, -0.2) is 4.79 Å². The lowest BCUT2D eigenvalue weighted by Crippen LogP contribution is -2.46. The molecule has 19 heavy (non-hydrogen) atoms. The first-order valence-electron chi connectivity index (χ1n) is 6.75. The van der Waals surface area contributed by atoms with E-state index in [1.165, 1.54) is 5.57 Å². The maximum absolute atomic E-state index is 10.8. The highest BCUT2D eigenvalue weighted by Gasteiger charge is 2.29. The van der Waals surface area contributed by atoms with Crippen LogP contribution in [0.25, 0.3) is 0 Å². The fourth-order valence-corrected chi connectivity index (χ4v) is 2.68. The summed E-state index contributed by atoms with van der Waals surface area (Å²) in [5, 5.41) is 0. The lowest BCUT2D eigenvalue weighted by atomic mass is 9.96. The van der Waals surface area contributed by atoms with Crippen LogP contribution < -0.4 is 5.73 Å². The van der Waals surface area contributed by atoms with Gasteiger partial charge in [-0.15, -0.1) is 0 Å². The van der Waals surface area contributed by atoms with Gasteiger partial charge in [0.15, 0.2) is 0 Å². The van der Waals surface area contributed by atoms with Crippen LogP contribution in [0.1, 0.15) is 26.2 Å². The first-order chi connectivity index (χ1) is 9.19. The van der Waals surface area contributed by atoms with Crippen molar-refractivity contribution in [1.29, 1.82) is 0 Å². The Morgan fingerprint density at radius 3 is 3.05 bits per heavy atom. The van der Waals surface area contributed by atoms with Gasteiger partial charge in [0, 0.05) is 38.4 Å². The molecule has 0 aromatic heterocycles. The molecule has 1 heterocycles. The third kappa shape index (κ3) is 4.10. The van der Waals surface area contributed by atoms with Crippen molar-refractivity contribution in [1.82, 2.24) is 4.90 Å². The Morgan fingerprint density at radius 2 is 2.42 bits per heavy atom. The molecular formula is C15H20N2O2. The molecule has 1 saturated heterocycles. The van der Waals surface area contributed by atoms with E-state index >= 15 is 0 Å². The van der Waals surface area contributed by atoms with Crippen molar-refractivity contribution < 1.29 is 9.53 Å². The van der Waals surface area contributed by atoms with E-state index in [2.05, 4.69) is 30.7 Å². The Hall–Kier alpha value is -1.29. The van der Waals surface area contributed by atoms with Crippen LogP contribution >= 0.6 is 0 Å². The fourth-order valence-electron chi connectivity index (χ4n) is 2.68. The molecule has 4 nitrogen and oxygen atoms in total. The summed E-state index contributed by atoms with van der Waals surface area (Å²) in [5.74, 6) is 0. The molecule has 1 amide bonds. The number of hydrogen-bond donors (Lipinski definition) is 1. The predicted molar refractivity (Wildman–Crippen MR) is 73.1 cm³/mol. The highest BCUT2D eigenvalue weighted by atomic mass is 16.6. The minimum Gasteiger partial charge on any atom is -0.446 e. The first kappa shape index (κ1) is 14.1. The molecule has 1 fully saturated rings. The summed E-state index contributed by atoms with van der Waals surface area (Å²) < 4.78 is 5.12.